The molecule has 7 heteroatoms. The molecule has 0 saturated carbocycles. The Morgan fingerprint density at radius 3 is 2.38 bits per heavy atom. The first-order chi connectivity index (χ1) is 11.5. The first-order valence-corrected chi connectivity index (χ1v) is 7.82. The van der Waals surface area contributed by atoms with Crippen molar-refractivity contribution in [3.63, 3.8) is 0 Å². The van der Waals surface area contributed by atoms with Gasteiger partial charge < -0.3 is 15.9 Å². The van der Waals surface area contributed by atoms with Crippen LogP contribution in [0, 0.1) is 0 Å². The highest BCUT2D eigenvalue weighted by Crippen LogP contribution is 2.29. The molecule has 0 fully saturated rings. The molecule has 1 atom stereocenters. The summed E-state index contributed by atoms with van der Waals surface area (Å²) in [5.41, 5.74) is 8.39. The van der Waals surface area contributed by atoms with Crippen LogP contribution in [0.2, 0.25) is 0 Å². The van der Waals surface area contributed by atoms with E-state index in [-0.39, 0.29) is 6.04 Å². The highest BCUT2D eigenvalue weighted by atomic mass is 32.1. The van der Waals surface area contributed by atoms with Crippen LogP contribution in [0.4, 0.5) is 0 Å². The number of hydrogen-bond donors (Lipinski definition) is 3. The van der Waals surface area contributed by atoms with E-state index in [1.54, 1.807) is 11.3 Å². The number of aromatic nitrogens is 1. The Kier molecular flexibility index (Phi) is 8.10. The normalized spacial score (nSPS) is 11.4. The van der Waals surface area contributed by atoms with Crippen molar-refractivity contribution in [2.75, 3.05) is 0 Å². The Morgan fingerprint density at radius 2 is 1.88 bits per heavy atom. The second kappa shape index (κ2) is 10.1. The molecule has 0 amide bonds. The Morgan fingerprint density at radius 1 is 1.25 bits per heavy atom. The van der Waals surface area contributed by atoms with E-state index in [1.165, 1.54) is 0 Å². The zero-order valence-electron chi connectivity index (χ0n) is 12.8. The van der Waals surface area contributed by atoms with Crippen LogP contribution in [0.25, 0.3) is 10.6 Å². The molecule has 0 saturated heterocycles. The van der Waals surface area contributed by atoms with E-state index in [1.807, 2.05) is 29.8 Å². The van der Waals surface area contributed by atoms with E-state index in [0.29, 0.717) is 12.2 Å². The van der Waals surface area contributed by atoms with Crippen LogP contribution < -0.4 is 5.73 Å². The van der Waals surface area contributed by atoms with Crippen molar-refractivity contribution in [3.05, 3.63) is 66.2 Å². The number of aliphatic carboxylic acids is 2. The number of carboxylic acid groups (broad SMARTS) is 2. The molecule has 1 aromatic heterocycles. The van der Waals surface area contributed by atoms with E-state index in [4.69, 9.17) is 15.9 Å². The number of hydrogen-bond acceptors (Lipinski definition) is 5. The fourth-order valence-corrected chi connectivity index (χ4v) is 2.51. The predicted molar refractivity (Wildman–Crippen MR) is 93.7 cm³/mol. The number of benzene rings is 1. The number of thiazole rings is 1. The molecule has 6 nitrogen and oxygen atoms in total. The molecule has 1 unspecified atom stereocenters. The molecule has 0 aliphatic rings. The third-order valence-corrected chi connectivity index (χ3v) is 3.62. The van der Waals surface area contributed by atoms with Crippen LogP contribution >= 0.6 is 11.3 Å². The minimum atomic E-state index is -1.26. The maximum Gasteiger partial charge on any atom is 0.328 e. The largest absolute Gasteiger partial charge is 0.478 e. The van der Waals surface area contributed by atoms with Gasteiger partial charge in [0.05, 0.1) is 0 Å². The van der Waals surface area contributed by atoms with Gasteiger partial charge in [-0.3, -0.25) is 0 Å². The van der Waals surface area contributed by atoms with Gasteiger partial charge in [0.25, 0.3) is 0 Å². The average molecular weight is 346 g/mol. The van der Waals surface area contributed by atoms with Crippen molar-refractivity contribution in [1.82, 2.24) is 4.98 Å². The van der Waals surface area contributed by atoms with E-state index >= 15 is 0 Å². The summed E-state index contributed by atoms with van der Waals surface area (Å²) in [4.78, 5) is 23.4. The lowest BCUT2D eigenvalue weighted by atomic mass is 9.99. The van der Waals surface area contributed by atoms with Crippen LogP contribution in [-0.4, -0.2) is 27.1 Å². The third-order valence-electron chi connectivity index (χ3n) is 2.81. The molecule has 2 aromatic rings. The van der Waals surface area contributed by atoms with Gasteiger partial charge in [-0.1, -0.05) is 30.3 Å². The summed E-state index contributed by atoms with van der Waals surface area (Å²) in [5, 5.41) is 18.6. The van der Waals surface area contributed by atoms with Gasteiger partial charge in [0.2, 0.25) is 0 Å². The molecule has 0 aliphatic carbocycles. The SMILES string of the molecule is C=CCC(N)c1ccccc1-c1nccs1.O=C(O)/C=C/C(=O)O. The molecule has 0 aliphatic heterocycles. The zero-order valence-corrected chi connectivity index (χ0v) is 13.6. The summed E-state index contributed by atoms with van der Waals surface area (Å²) in [6, 6.07) is 8.15. The van der Waals surface area contributed by atoms with Gasteiger partial charge in [-0.05, 0) is 12.0 Å². The molecule has 0 bridgehead atoms. The maximum atomic E-state index is 9.55. The number of nitrogens with zero attached hydrogens (tertiary/aromatic N) is 1. The van der Waals surface area contributed by atoms with Crippen molar-refractivity contribution in [1.29, 1.82) is 0 Å². The molecule has 2 rings (SSSR count). The summed E-state index contributed by atoms with van der Waals surface area (Å²) in [6.07, 6.45) is 5.56. The van der Waals surface area contributed by atoms with Crippen LogP contribution in [0.3, 0.4) is 0 Å². The van der Waals surface area contributed by atoms with Crippen LogP contribution in [-0.2, 0) is 9.59 Å². The summed E-state index contributed by atoms with van der Waals surface area (Å²) in [6.45, 7) is 3.73. The summed E-state index contributed by atoms with van der Waals surface area (Å²) in [7, 11) is 0. The van der Waals surface area contributed by atoms with Crippen molar-refractivity contribution in [3.8, 4) is 10.6 Å². The minimum Gasteiger partial charge on any atom is -0.478 e. The van der Waals surface area contributed by atoms with Crippen molar-refractivity contribution in [2.45, 2.75) is 12.5 Å². The molecule has 24 heavy (non-hydrogen) atoms. The van der Waals surface area contributed by atoms with E-state index in [2.05, 4.69) is 23.7 Å². The third kappa shape index (κ3) is 6.55. The summed E-state index contributed by atoms with van der Waals surface area (Å²) >= 11 is 1.63. The van der Waals surface area contributed by atoms with Crippen LogP contribution in [0.1, 0.15) is 18.0 Å². The van der Waals surface area contributed by atoms with Crippen molar-refractivity contribution >= 4 is 23.3 Å². The molecule has 1 aromatic carbocycles. The number of carboxylic acids is 2. The Bertz CT molecular complexity index is 695. The van der Waals surface area contributed by atoms with E-state index in [0.717, 1.165) is 22.6 Å². The number of carbonyl (C=O) groups is 2. The Hall–Kier alpha value is -2.77. The second-order valence-electron chi connectivity index (χ2n) is 4.57. The average Bonchev–Trinajstić information content (AvgIpc) is 3.08. The molecular formula is C17H18N2O4S. The summed E-state index contributed by atoms with van der Waals surface area (Å²) in [5.74, 6) is -2.51. The van der Waals surface area contributed by atoms with Gasteiger partial charge in [-0.15, -0.1) is 17.9 Å². The van der Waals surface area contributed by atoms with Crippen LogP contribution in [0.5, 0.6) is 0 Å². The minimum absolute atomic E-state index is 0.00222. The smallest absolute Gasteiger partial charge is 0.328 e. The molecular weight excluding hydrogens is 328 g/mol. The highest BCUT2D eigenvalue weighted by Gasteiger charge is 2.11. The molecule has 1 heterocycles. The van der Waals surface area contributed by atoms with Gasteiger partial charge in [0.15, 0.2) is 0 Å². The van der Waals surface area contributed by atoms with Gasteiger partial charge in [-0.2, -0.15) is 0 Å². The lowest BCUT2D eigenvalue weighted by molar-refractivity contribution is -0.134. The van der Waals surface area contributed by atoms with Gasteiger partial charge in [-0.25, -0.2) is 14.6 Å². The van der Waals surface area contributed by atoms with Crippen LogP contribution in [0.15, 0.2) is 60.6 Å². The predicted octanol–water partition coefficient (Wildman–Crippen LogP) is 3.10. The zero-order chi connectivity index (χ0) is 17.9. The summed E-state index contributed by atoms with van der Waals surface area (Å²) < 4.78 is 0. The van der Waals surface area contributed by atoms with Crippen molar-refractivity contribution in [2.24, 2.45) is 5.73 Å². The van der Waals surface area contributed by atoms with E-state index in [9.17, 15) is 9.59 Å². The standard InChI is InChI=1S/C13H14N2S.C4H4O4/c1-2-5-12(14)10-6-3-4-7-11(10)13-15-8-9-16-13;5-3(6)1-2-4(7)8/h2-4,6-9,12H,1,5,14H2;1-2H,(H,5,6)(H,7,8)/b;2-1+. The fraction of sp³-hybridized carbons (Fsp3) is 0.118. The van der Waals surface area contributed by atoms with Gasteiger partial charge >= 0.3 is 11.9 Å². The lowest BCUT2D eigenvalue weighted by Gasteiger charge is -2.13. The number of nitrogens with two attached hydrogens (primary N) is 1. The molecule has 4 N–H and O–H groups in total. The van der Waals surface area contributed by atoms with Gasteiger partial charge in [0.1, 0.15) is 5.01 Å². The molecule has 126 valence electrons. The fourth-order valence-electron chi connectivity index (χ4n) is 1.82. The quantitative estimate of drug-likeness (QED) is 0.547. The number of rotatable bonds is 6. The van der Waals surface area contributed by atoms with Gasteiger partial charge in [0, 0.05) is 35.3 Å². The Labute approximate surface area is 143 Å². The first kappa shape index (κ1) is 19.3. The second-order valence-corrected chi connectivity index (χ2v) is 5.46. The first-order valence-electron chi connectivity index (χ1n) is 6.95. The van der Waals surface area contributed by atoms with Crippen molar-refractivity contribution < 1.29 is 19.8 Å². The monoisotopic (exact) mass is 346 g/mol. The lowest BCUT2D eigenvalue weighted by Crippen LogP contribution is -2.10. The van der Waals surface area contributed by atoms with E-state index < -0.39 is 11.9 Å². The maximum absolute atomic E-state index is 9.55. The topological polar surface area (TPSA) is 114 Å². The molecule has 0 radical (unpaired) electrons. The molecule has 0 spiro atoms. The Balaban J connectivity index is 0.000000307. The highest BCUT2D eigenvalue weighted by molar-refractivity contribution is 7.13.